The number of ether oxygens (including phenoxy) is 3. The van der Waals surface area contributed by atoms with Crippen molar-refractivity contribution in [3.63, 3.8) is 0 Å². The highest BCUT2D eigenvalue weighted by Gasteiger charge is 2.22. The molecule has 0 aliphatic rings. The molecule has 2 amide bonds. The average Bonchev–Trinajstić information content (AvgIpc) is 2.84. The van der Waals surface area contributed by atoms with Crippen LogP contribution >= 0.6 is 11.6 Å². The summed E-state index contributed by atoms with van der Waals surface area (Å²) >= 11 is 6.14. The highest BCUT2D eigenvalue weighted by Crippen LogP contribution is 2.25. The lowest BCUT2D eigenvalue weighted by Gasteiger charge is -2.17. The molecule has 2 rings (SSSR count). The monoisotopic (exact) mass is 490 g/mol. The third kappa shape index (κ3) is 9.70. The summed E-state index contributed by atoms with van der Waals surface area (Å²) in [5, 5.41) is 5.84. The zero-order valence-electron chi connectivity index (χ0n) is 19.5. The number of amides is 2. The molecule has 8 nitrogen and oxygen atoms in total. The van der Waals surface area contributed by atoms with Gasteiger partial charge in [-0.25, -0.2) is 9.59 Å². The number of nitrogens with one attached hydrogen (secondary N) is 2. The van der Waals surface area contributed by atoms with Crippen LogP contribution in [0.1, 0.15) is 36.8 Å². The second-order valence-corrected chi connectivity index (χ2v) is 8.02. The van der Waals surface area contributed by atoms with E-state index in [9.17, 15) is 14.4 Å². The van der Waals surface area contributed by atoms with Gasteiger partial charge in [-0.1, -0.05) is 54.4 Å². The number of hydrogen-bond donors (Lipinski definition) is 2. The SMILES string of the molecule is COC(=O)[C@H](Cc1ccc(OC)c(Cl)c1)NC(=O)CCCCCNC(=O)OCc1ccccc1. The number of benzene rings is 2. The van der Waals surface area contributed by atoms with Crippen LogP contribution in [-0.4, -0.2) is 44.8 Å². The maximum absolute atomic E-state index is 12.3. The van der Waals surface area contributed by atoms with Gasteiger partial charge in [-0.3, -0.25) is 4.79 Å². The van der Waals surface area contributed by atoms with Crippen LogP contribution in [0.3, 0.4) is 0 Å². The number of halogens is 1. The van der Waals surface area contributed by atoms with Gasteiger partial charge in [0.25, 0.3) is 0 Å². The second-order valence-electron chi connectivity index (χ2n) is 7.62. The minimum Gasteiger partial charge on any atom is -0.495 e. The lowest BCUT2D eigenvalue weighted by molar-refractivity contribution is -0.145. The second kappa shape index (κ2) is 14.8. The molecular weight excluding hydrogens is 460 g/mol. The van der Waals surface area contributed by atoms with Gasteiger partial charge in [0.2, 0.25) is 5.91 Å². The summed E-state index contributed by atoms with van der Waals surface area (Å²) in [7, 11) is 2.80. The molecule has 0 aliphatic heterocycles. The fourth-order valence-electron chi connectivity index (χ4n) is 3.23. The van der Waals surface area contributed by atoms with Crippen molar-refractivity contribution in [1.82, 2.24) is 10.6 Å². The summed E-state index contributed by atoms with van der Waals surface area (Å²) in [6, 6.07) is 13.8. The van der Waals surface area contributed by atoms with E-state index in [1.807, 2.05) is 30.3 Å². The van der Waals surface area contributed by atoms with Gasteiger partial charge in [0.15, 0.2) is 0 Å². The van der Waals surface area contributed by atoms with Crippen LogP contribution in [0.4, 0.5) is 4.79 Å². The van der Waals surface area contributed by atoms with E-state index in [2.05, 4.69) is 10.6 Å². The Hall–Kier alpha value is -3.26. The first kappa shape index (κ1) is 27.0. The molecule has 0 heterocycles. The number of unbranched alkanes of at least 4 members (excludes halogenated alkanes) is 2. The van der Waals surface area contributed by atoms with Gasteiger partial charge in [0.05, 0.1) is 19.2 Å². The molecule has 0 unspecified atom stereocenters. The van der Waals surface area contributed by atoms with Crippen molar-refractivity contribution in [3.8, 4) is 5.75 Å². The third-order valence-electron chi connectivity index (χ3n) is 5.04. The fourth-order valence-corrected chi connectivity index (χ4v) is 3.51. The normalized spacial score (nSPS) is 11.3. The molecule has 0 fully saturated rings. The van der Waals surface area contributed by atoms with Gasteiger partial charge >= 0.3 is 12.1 Å². The van der Waals surface area contributed by atoms with Crippen molar-refractivity contribution in [2.75, 3.05) is 20.8 Å². The largest absolute Gasteiger partial charge is 0.495 e. The zero-order valence-corrected chi connectivity index (χ0v) is 20.2. The van der Waals surface area contributed by atoms with Crippen molar-refractivity contribution in [2.24, 2.45) is 0 Å². The minimum absolute atomic E-state index is 0.219. The number of carbonyl (C=O) groups excluding carboxylic acids is 3. The van der Waals surface area contributed by atoms with Crippen molar-refractivity contribution in [1.29, 1.82) is 0 Å². The van der Waals surface area contributed by atoms with E-state index in [-0.39, 0.29) is 25.4 Å². The Bertz CT molecular complexity index is 938. The molecule has 9 heteroatoms. The smallest absolute Gasteiger partial charge is 0.407 e. The molecule has 184 valence electrons. The van der Waals surface area contributed by atoms with E-state index in [4.69, 9.17) is 25.8 Å². The first-order valence-electron chi connectivity index (χ1n) is 11.1. The molecule has 0 spiro atoms. The summed E-state index contributed by atoms with van der Waals surface area (Å²) in [5.74, 6) is -0.244. The third-order valence-corrected chi connectivity index (χ3v) is 5.34. The highest BCUT2D eigenvalue weighted by atomic mass is 35.5. The van der Waals surface area contributed by atoms with Gasteiger partial charge in [-0.05, 0) is 36.1 Å². The van der Waals surface area contributed by atoms with Crippen molar-refractivity contribution < 1.29 is 28.6 Å². The lowest BCUT2D eigenvalue weighted by Crippen LogP contribution is -2.43. The van der Waals surface area contributed by atoms with Crippen molar-refractivity contribution in [2.45, 2.75) is 44.8 Å². The Morgan fingerprint density at radius 3 is 2.41 bits per heavy atom. The Balaban J connectivity index is 1.66. The van der Waals surface area contributed by atoms with Gasteiger partial charge in [-0.2, -0.15) is 0 Å². The maximum Gasteiger partial charge on any atom is 0.407 e. The van der Waals surface area contributed by atoms with Crippen LogP contribution in [0.2, 0.25) is 5.02 Å². The van der Waals surface area contributed by atoms with E-state index >= 15 is 0 Å². The number of alkyl carbamates (subject to hydrolysis) is 1. The van der Waals surface area contributed by atoms with E-state index in [0.29, 0.717) is 30.2 Å². The molecule has 0 saturated heterocycles. The molecule has 2 N–H and O–H groups in total. The van der Waals surface area contributed by atoms with Crippen LogP contribution in [0.25, 0.3) is 0 Å². The molecule has 2 aromatic carbocycles. The van der Waals surface area contributed by atoms with E-state index < -0.39 is 18.1 Å². The number of carbonyl (C=O) groups is 3. The van der Waals surface area contributed by atoms with Crippen LogP contribution < -0.4 is 15.4 Å². The quantitative estimate of drug-likeness (QED) is 0.324. The van der Waals surface area contributed by atoms with E-state index in [0.717, 1.165) is 17.5 Å². The molecule has 0 radical (unpaired) electrons. The molecule has 1 atom stereocenters. The number of rotatable bonds is 13. The first-order chi connectivity index (χ1) is 16.4. The summed E-state index contributed by atoms with van der Waals surface area (Å²) in [6.07, 6.45) is 2.10. The minimum atomic E-state index is -0.817. The lowest BCUT2D eigenvalue weighted by atomic mass is 10.1. The van der Waals surface area contributed by atoms with Crippen LogP contribution in [0.5, 0.6) is 5.75 Å². The Kier molecular flexibility index (Phi) is 11.7. The van der Waals surface area contributed by atoms with E-state index in [1.165, 1.54) is 14.2 Å². The maximum atomic E-state index is 12.3. The predicted octanol–water partition coefficient (Wildman–Crippen LogP) is 4.04. The number of esters is 1. The highest BCUT2D eigenvalue weighted by molar-refractivity contribution is 6.32. The average molecular weight is 491 g/mol. The standard InChI is InChI=1S/C25H31ClN2O6/c1-32-22-13-12-19(15-20(22)26)16-21(24(30)33-2)28-23(29)11-7-4-8-14-27-25(31)34-17-18-9-5-3-6-10-18/h3,5-6,9-10,12-13,15,21H,4,7-8,11,14,16-17H2,1-2H3,(H,27,31)(H,28,29)/t21-/m0/s1. The molecular formula is C25H31ClN2O6. The van der Waals surface area contributed by atoms with Gasteiger partial charge in [-0.15, -0.1) is 0 Å². The van der Waals surface area contributed by atoms with Gasteiger partial charge in [0, 0.05) is 19.4 Å². The van der Waals surface area contributed by atoms with Gasteiger partial charge < -0.3 is 24.8 Å². The summed E-state index contributed by atoms with van der Waals surface area (Å²) in [4.78, 5) is 36.2. The van der Waals surface area contributed by atoms with Gasteiger partial charge in [0.1, 0.15) is 18.4 Å². The van der Waals surface area contributed by atoms with Crippen LogP contribution in [0.15, 0.2) is 48.5 Å². The summed E-state index contributed by atoms with van der Waals surface area (Å²) in [6.45, 7) is 0.676. The molecule has 0 aliphatic carbocycles. The summed E-state index contributed by atoms with van der Waals surface area (Å²) in [5.41, 5.74) is 1.69. The molecule has 34 heavy (non-hydrogen) atoms. The first-order valence-corrected chi connectivity index (χ1v) is 11.4. The Labute approximate surface area is 204 Å². The topological polar surface area (TPSA) is 103 Å². The van der Waals surface area contributed by atoms with E-state index in [1.54, 1.807) is 18.2 Å². The van der Waals surface area contributed by atoms with Crippen LogP contribution in [-0.2, 0) is 32.1 Å². The number of methoxy groups -OCH3 is 2. The summed E-state index contributed by atoms with van der Waals surface area (Å²) < 4.78 is 15.1. The van der Waals surface area contributed by atoms with Crippen LogP contribution in [0, 0.1) is 0 Å². The Morgan fingerprint density at radius 2 is 1.74 bits per heavy atom. The Morgan fingerprint density at radius 1 is 0.971 bits per heavy atom. The number of hydrogen-bond acceptors (Lipinski definition) is 6. The fraction of sp³-hybridized carbons (Fsp3) is 0.400. The predicted molar refractivity (Wildman–Crippen MR) is 129 cm³/mol. The molecule has 0 aromatic heterocycles. The molecule has 0 saturated carbocycles. The van der Waals surface area contributed by atoms with Crippen molar-refractivity contribution in [3.05, 3.63) is 64.7 Å². The van der Waals surface area contributed by atoms with Crippen molar-refractivity contribution >= 4 is 29.6 Å². The zero-order chi connectivity index (χ0) is 24.8. The molecule has 2 aromatic rings. The molecule has 0 bridgehead atoms.